The number of nitrogens with zero attached hydrogens (tertiary/aromatic N) is 3. The highest BCUT2D eigenvalue weighted by molar-refractivity contribution is 5.72. The largest absolute Gasteiger partial charge is 0.493 e. The van der Waals surface area contributed by atoms with Crippen LogP contribution in [0.1, 0.15) is 27.2 Å². The van der Waals surface area contributed by atoms with Gasteiger partial charge < -0.3 is 14.5 Å². The highest BCUT2D eigenvalue weighted by Gasteiger charge is 2.26. The molecule has 2 aromatic rings. The summed E-state index contributed by atoms with van der Waals surface area (Å²) in [5, 5.41) is 0. The Bertz CT molecular complexity index is 718. The van der Waals surface area contributed by atoms with Gasteiger partial charge in [-0.3, -0.25) is 4.98 Å². The lowest BCUT2D eigenvalue weighted by Crippen LogP contribution is -2.35. The fraction of sp³-hybridized carbons (Fsp3) is 0.500. The average molecular weight is 354 g/mol. The number of para-hydroxylation sites is 1. The molecule has 1 aromatic carbocycles. The molecule has 2 fully saturated rings. The van der Waals surface area contributed by atoms with Gasteiger partial charge in [0.05, 0.1) is 18.5 Å². The quantitative estimate of drug-likeness (QED) is 0.819. The summed E-state index contributed by atoms with van der Waals surface area (Å²) < 4.78 is 5.81. The Kier molecular flexibility index (Phi) is 6.15. The molecular weight excluding hydrogens is 322 g/mol. The summed E-state index contributed by atoms with van der Waals surface area (Å²) in [4.78, 5) is 9.69. The zero-order valence-corrected chi connectivity index (χ0v) is 15.0. The summed E-state index contributed by atoms with van der Waals surface area (Å²) in [6.07, 6.45) is 6.66. The molecule has 2 aliphatic rings. The van der Waals surface area contributed by atoms with E-state index in [1.165, 1.54) is 31.6 Å². The molecule has 2 atom stereocenters. The van der Waals surface area contributed by atoms with Gasteiger partial charge in [-0.2, -0.15) is 0 Å². The maximum Gasteiger partial charge on any atom is 0.127 e. The first-order valence-corrected chi connectivity index (χ1v) is 9.48. The second-order valence-corrected chi connectivity index (χ2v) is 7.12. The third-order valence-electron chi connectivity index (χ3n) is 5.35. The van der Waals surface area contributed by atoms with E-state index in [0.717, 1.165) is 42.4 Å². The minimum absolute atomic E-state index is 0. The van der Waals surface area contributed by atoms with E-state index in [4.69, 9.17) is 4.74 Å². The van der Waals surface area contributed by atoms with E-state index in [1.807, 2.05) is 31.5 Å². The fourth-order valence-electron chi connectivity index (χ4n) is 4.14. The number of hydrogen-bond acceptors (Lipinski definition) is 4. The van der Waals surface area contributed by atoms with Crippen molar-refractivity contribution in [1.29, 1.82) is 0 Å². The van der Waals surface area contributed by atoms with Crippen LogP contribution in [-0.2, 0) is 0 Å². The van der Waals surface area contributed by atoms with Crippen LogP contribution in [0.2, 0.25) is 0 Å². The van der Waals surface area contributed by atoms with Gasteiger partial charge in [0.1, 0.15) is 5.75 Å². The second kappa shape index (κ2) is 8.54. The molecule has 2 saturated heterocycles. The molecule has 0 radical (unpaired) electrons. The van der Waals surface area contributed by atoms with Crippen molar-refractivity contribution in [3.05, 3.63) is 42.7 Å². The Hall–Kier alpha value is -2.07. The SMILES string of the molecule is C.CCOc1ccccc1-c1cncc(N2CCN3CCCC(C3)C2)c1. The molecule has 2 bridgehead atoms. The van der Waals surface area contributed by atoms with Gasteiger partial charge in [0, 0.05) is 43.5 Å². The number of pyridine rings is 1. The highest BCUT2D eigenvalue weighted by atomic mass is 16.5. The third kappa shape index (κ3) is 4.01. The second-order valence-electron chi connectivity index (χ2n) is 7.12. The van der Waals surface area contributed by atoms with Crippen LogP contribution in [0.15, 0.2) is 42.7 Å². The van der Waals surface area contributed by atoms with Gasteiger partial charge in [0.25, 0.3) is 0 Å². The van der Waals surface area contributed by atoms with Crippen LogP contribution in [0.4, 0.5) is 5.69 Å². The predicted molar refractivity (Wildman–Crippen MR) is 109 cm³/mol. The number of fused-ring (bicyclic) bond motifs is 2. The molecule has 2 aliphatic heterocycles. The topological polar surface area (TPSA) is 28.6 Å². The van der Waals surface area contributed by atoms with Crippen molar-refractivity contribution < 1.29 is 4.74 Å². The molecule has 4 rings (SSSR count). The van der Waals surface area contributed by atoms with Crippen LogP contribution in [0.25, 0.3) is 11.1 Å². The van der Waals surface area contributed by atoms with Crippen molar-refractivity contribution in [2.75, 3.05) is 44.2 Å². The summed E-state index contributed by atoms with van der Waals surface area (Å²) in [5.74, 6) is 1.72. The standard InChI is InChI=1S/C21H27N3O.CH4/c1-2-25-21-8-4-3-7-20(21)18-12-19(14-22-13-18)24-11-10-23-9-5-6-17(15-23)16-24;/h3-4,7-8,12-14,17H,2,5-6,9-11,15-16H2,1H3;1H4. The zero-order valence-electron chi connectivity index (χ0n) is 15.0. The lowest BCUT2D eigenvalue weighted by Gasteiger charge is -2.29. The molecule has 0 N–H and O–H groups in total. The lowest BCUT2D eigenvalue weighted by molar-refractivity contribution is 0.201. The van der Waals surface area contributed by atoms with Gasteiger partial charge in [0.15, 0.2) is 0 Å². The predicted octanol–water partition coefficient (Wildman–Crippen LogP) is 4.32. The molecule has 0 amide bonds. The maximum atomic E-state index is 5.81. The minimum atomic E-state index is 0. The number of aromatic nitrogens is 1. The number of benzene rings is 1. The van der Waals surface area contributed by atoms with Crippen molar-refractivity contribution in [3.8, 4) is 16.9 Å². The molecule has 0 saturated carbocycles. The smallest absolute Gasteiger partial charge is 0.127 e. The zero-order chi connectivity index (χ0) is 17.1. The van der Waals surface area contributed by atoms with E-state index in [2.05, 4.69) is 33.0 Å². The molecule has 1 aromatic heterocycles. The molecule has 140 valence electrons. The molecule has 4 nitrogen and oxygen atoms in total. The van der Waals surface area contributed by atoms with Crippen molar-refractivity contribution in [2.45, 2.75) is 27.2 Å². The van der Waals surface area contributed by atoms with Gasteiger partial charge in [0.2, 0.25) is 0 Å². The lowest BCUT2D eigenvalue weighted by atomic mass is 9.98. The van der Waals surface area contributed by atoms with Crippen molar-refractivity contribution in [1.82, 2.24) is 9.88 Å². The summed E-state index contributed by atoms with van der Waals surface area (Å²) in [7, 11) is 0. The van der Waals surface area contributed by atoms with Gasteiger partial charge >= 0.3 is 0 Å². The average Bonchev–Trinajstić information content (AvgIpc) is 2.80. The van der Waals surface area contributed by atoms with Crippen LogP contribution >= 0.6 is 0 Å². The molecule has 2 unspecified atom stereocenters. The summed E-state index contributed by atoms with van der Waals surface area (Å²) in [5.41, 5.74) is 3.49. The molecule has 4 heteroatoms. The first-order valence-electron chi connectivity index (χ1n) is 9.48. The normalized spacial score (nSPS) is 22.3. The first-order chi connectivity index (χ1) is 12.3. The van der Waals surface area contributed by atoms with E-state index in [-0.39, 0.29) is 7.43 Å². The van der Waals surface area contributed by atoms with Crippen LogP contribution in [0.5, 0.6) is 5.75 Å². The first kappa shape index (κ1) is 18.7. The monoisotopic (exact) mass is 353 g/mol. The van der Waals surface area contributed by atoms with Crippen molar-refractivity contribution in [3.63, 3.8) is 0 Å². The van der Waals surface area contributed by atoms with E-state index in [1.54, 1.807) is 0 Å². The van der Waals surface area contributed by atoms with E-state index in [0.29, 0.717) is 6.61 Å². The van der Waals surface area contributed by atoms with Crippen LogP contribution in [-0.4, -0.2) is 49.2 Å². The molecular formula is C22H31N3O. The van der Waals surface area contributed by atoms with Gasteiger partial charge in [-0.25, -0.2) is 0 Å². The van der Waals surface area contributed by atoms with Gasteiger partial charge in [-0.15, -0.1) is 0 Å². The van der Waals surface area contributed by atoms with Gasteiger partial charge in [-0.05, 0) is 44.4 Å². The number of hydrogen-bond donors (Lipinski definition) is 0. The fourth-order valence-corrected chi connectivity index (χ4v) is 4.14. The Morgan fingerprint density at radius 2 is 2.00 bits per heavy atom. The summed E-state index contributed by atoms with van der Waals surface area (Å²) in [6.45, 7) is 8.63. The number of rotatable bonds is 4. The van der Waals surface area contributed by atoms with Crippen molar-refractivity contribution >= 4 is 5.69 Å². The molecule has 0 aliphatic carbocycles. The number of ether oxygens (including phenoxy) is 1. The Labute approximate surface area is 157 Å². The van der Waals surface area contributed by atoms with Crippen LogP contribution < -0.4 is 9.64 Å². The Morgan fingerprint density at radius 1 is 1.12 bits per heavy atom. The van der Waals surface area contributed by atoms with Crippen molar-refractivity contribution in [2.24, 2.45) is 5.92 Å². The number of anilines is 1. The summed E-state index contributed by atoms with van der Waals surface area (Å²) >= 11 is 0. The van der Waals surface area contributed by atoms with Gasteiger partial charge in [-0.1, -0.05) is 25.6 Å². The Morgan fingerprint density at radius 3 is 2.88 bits per heavy atom. The summed E-state index contributed by atoms with van der Waals surface area (Å²) in [6, 6.07) is 10.5. The van der Waals surface area contributed by atoms with Crippen LogP contribution in [0, 0.1) is 5.92 Å². The third-order valence-corrected chi connectivity index (χ3v) is 5.35. The maximum absolute atomic E-state index is 5.81. The van der Waals surface area contributed by atoms with E-state index in [9.17, 15) is 0 Å². The number of piperidine rings is 1. The van der Waals surface area contributed by atoms with E-state index >= 15 is 0 Å². The Balaban J connectivity index is 0.00000196. The molecule has 0 spiro atoms. The van der Waals surface area contributed by atoms with E-state index < -0.39 is 0 Å². The highest BCUT2D eigenvalue weighted by Crippen LogP contribution is 2.32. The minimum Gasteiger partial charge on any atom is -0.493 e. The molecule has 3 heterocycles. The van der Waals surface area contributed by atoms with Crippen LogP contribution in [0.3, 0.4) is 0 Å². The molecule has 26 heavy (non-hydrogen) atoms.